The number of nitrogens with zero attached hydrogens (tertiary/aromatic N) is 2. The summed E-state index contributed by atoms with van der Waals surface area (Å²) in [5.74, 6) is -1.03. The Morgan fingerprint density at radius 3 is 2.34 bits per heavy atom. The molecule has 32 heavy (non-hydrogen) atoms. The van der Waals surface area contributed by atoms with Gasteiger partial charge in [0.1, 0.15) is 0 Å². The van der Waals surface area contributed by atoms with E-state index >= 15 is 0 Å². The van der Waals surface area contributed by atoms with Crippen LogP contribution in [0.1, 0.15) is 16.2 Å². The van der Waals surface area contributed by atoms with Gasteiger partial charge in [0.15, 0.2) is 0 Å². The Balaban J connectivity index is 1.60. The Labute approximate surface area is 189 Å². The molecule has 0 saturated heterocycles. The molecule has 0 atom stereocenters. The van der Waals surface area contributed by atoms with Crippen molar-refractivity contribution in [2.45, 2.75) is 11.9 Å². The SMILES string of the molecule is O=C(NCCc1ccc(Cl)c(Cl)c1)c1nnc(-c2ccc(NS(=O)(=O)C(F)(F)F)cc2)o1. The number of benzene rings is 2. The third kappa shape index (κ3) is 5.69. The third-order valence-electron chi connectivity index (χ3n) is 3.99. The lowest BCUT2D eigenvalue weighted by atomic mass is 10.1. The molecule has 0 spiro atoms. The molecule has 0 fully saturated rings. The molecule has 1 amide bonds. The molecule has 8 nitrogen and oxygen atoms in total. The zero-order valence-corrected chi connectivity index (χ0v) is 18.1. The van der Waals surface area contributed by atoms with Gasteiger partial charge >= 0.3 is 27.3 Å². The Bertz CT molecular complexity index is 1230. The van der Waals surface area contributed by atoms with Crippen LogP contribution in [0.25, 0.3) is 11.5 Å². The predicted molar refractivity (Wildman–Crippen MR) is 111 cm³/mol. The topological polar surface area (TPSA) is 114 Å². The Morgan fingerprint density at radius 2 is 1.72 bits per heavy atom. The fraction of sp³-hybridized carbons (Fsp3) is 0.167. The zero-order chi connectivity index (χ0) is 23.5. The van der Waals surface area contributed by atoms with Crippen molar-refractivity contribution < 1.29 is 30.8 Å². The summed E-state index contributed by atoms with van der Waals surface area (Å²) in [6.45, 7) is 0.253. The number of carbonyl (C=O) groups excluding carboxylic acids is 1. The summed E-state index contributed by atoms with van der Waals surface area (Å²) in [5.41, 5.74) is -4.64. The van der Waals surface area contributed by atoms with E-state index in [1.54, 1.807) is 18.2 Å². The average Bonchev–Trinajstić information content (AvgIpc) is 3.20. The fourth-order valence-electron chi connectivity index (χ4n) is 2.42. The molecule has 0 aliphatic rings. The van der Waals surface area contributed by atoms with Crippen LogP contribution in [-0.4, -0.2) is 36.6 Å². The second kappa shape index (κ2) is 9.35. The normalized spacial score (nSPS) is 11.9. The minimum absolute atomic E-state index is 0.0788. The van der Waals surface area contributed by atoms with Gasteiger partial charge in [-0.15, -0.1) is 10.2 Å². The maximum atomic E-state index is 12.4. The van der Waals surface area contributed by atoms with Crippen LogP contribution in [0.4, 0.5) is 18.9 Å². The van der Waals surface area contributed by atoms with Crippen molar-refractivity contribution in [3.8, 4) is 11.5 Å². The van der Waals surface area contributed by atoms with Crippen LogP contribution in [0.2, 0.25) is 10.0 Å². The lowest BCUT2D eigenvalue weighted by molar-refractivity contribution is -0.0429. The Morgan fingerprint density at radius 1 is 1.03 bits per heavy atom. The van der Waals surface area contributed by atoms with Gasteiger partial charge in [-0.3, -0.25) is 9.52 Å². The van der Waals surface area contributed by atoms with Gasteiger partial charge in [0.25, 0.3) is 0 Å². The van der Waals surface area contributed by atoms with E-state index in [0.29, 0.717) is 16.5 Å². The number of amides is 1. The molecular formula is C18H13Cl2F3N4O4S. The summed E-state index contributed by atoms with van der Waals surface area (Å²) in [4.78, 5) is 12.2. The highest BCUT2D eigenvalue weighted by atomic mass is 35.5. The monoisotopic (exact) mass is 508 g/mol. The van der Waals surface area contributed by atoms with Gasteiger partial charge in [0.05, 0.1) is 10.0 Å². The number of carbonyl (C=O) groups is 1. The molecule has 0 aliphatic carbocycles. The van der Waals surface area contributed by atoms with Gasteiger partial charge < -0.3 is 9.73 Å². The minimum atomic E-state index is -5.54. The Hall–Kier alpha value is -2.83. The summed E-state index contributed by atoms with van der Waals surface area (Å²) in [6, 6.07) is 9.77. The van der Waals surface area contributed by atoms with Crippen molar-refractivity contribution in [3.63, 3.8) is 0 Å². The van der Waals surface area contributed by atoms with Crippen molar-refractivity contribution >= 4 is 44.8 Å². The first-order chi connectivity index (χ1) is 15.0. The fourth-order valence-corrected chi connectivity index (χ4v) is 3.30. The molecule has 0 unspecified atom stereocenters. The molecule has 170 valence electrons. The van der Waals surface area contributed by atoms with E-state index < -0.39 is 21.4 Å². The van der Waals surface area contributed by atoms with E-state index in [2.05, 4.69) is 15.5 Å². The van der Waals surface area contributed by atoms with Gasteiger partial charge in [-0.05, 0) is 48.4 Å². The van der Waals surface area contributed by atoms with E-state index in [0.717, 1.165) is 17.7 Å². The van der Waals surface area contributed by atoms with E-state index in [9.17, 15) is 26.4 Å². The average molecular weight is 509 g/mol. The molecule has 3 rings (SSSR count). The van der Waals surface area contributed by atoms with Crippen LogP contribution in [-0.2, 0) is 16.4 Å². The standard InChI is InChI=1S/C18H13Cl2F3N4O4S/c19-13-6-1-10(9-14(13)20)7-8-24-15(28)17-26-25-16(31-17)11-2-4-12(5-3-11)27-32(29,30)18(21,22)23/h1-6,9,27H,7-8H2,(H,24,28). The van der Waals surface area contributed by atoms with Crippen molar-refractivity contribution in [1.82, 2.24) is 15.5 Å². The summed E-state index contributed by atoms with van der Waals surface area (Å²) in [5, 5.41) is 10.8. The maximum absolute atomic E-state index is 12.4. The van der Waals surface area contributed by atoms with E-state index in [1.165, 1.54) is 16.9 Å². The van der Waals surface area contributed by atoms with E-state index in [1.807, 2.05) is 0 Å². The first kappa shape index (κ1) is 23.8. The maximum Gasteiger partial charge on any atom is 0.516 e. The second-order valence-corrected chi connectivity index (χ2v) is 8.78. The lowest BCUT2D eigenvalue weighted by Gasteiger charge is -2.10. The quantitative estimate of drug-likeness (QED) is 0.492. The van der Waals surface area contributed by atoms with Gasteiger partial charge in [0, 0.05) is 17.8 Å². The van der Waals surface area contributed by atoms with E-state index in [4.69, 9.17) is 27.6 Å². The number of rotatable bonds is 7. The molecule has 0 bridgehead atoms. The molecule has 2 N–H and O–H groups in total. The van der Waals surface area contributed by atoms with Gasteiger partial charge in [-0.25, -0.2) is 0 Å². The van der Waals surface area contributed by atoms with Gasteiger partial charge in [-0.2, -0.15) is 21.6 Å². The first-order valence-corrected chi connectivity index (χ1v) is 11.0. The minimum Gasteiger partial charge on any atom is -0.412 e. The smallest absolute Gasteiger partial charge is 0.412 e. The largest absolute Gasteiger partial charge is 0.516 e. The van der Waals surface area contributed by atoms with Gasteiger partial charge in [0.2, 0.25) is 5.89 Å². The molecule has 3 aromatic rings. The third-order valence-corrected chi connectivity index (χ3v) is 5.84. The highest BCUT2D eigenvalue weighted by molar-refractivity contribution is 7.93. The predicted octanol–water partition coefficient (Wildman–Crippen LogP) is 4.28. The molecular weight excluding hydrogens is 496 g/mol. The van der Waals surface area contributed by atoms with Crippen LogP contribution >= 0.6 is 23.2 Å². The highest BCUT2D eigenvalue weighted by Gasteiger charge is 2.46. The summed E-state index contributed by atoms with van der Waals surface area (Å²) in [7, 11) is -5.54. The number of sulfonamides is 1. The lowest BCUT2D eigenvalue weighted by Crippen LogP contribution is -2.29. The van der Waals surface area contributed by atoms with Crippen LogP contribution in [0.3, 0.4) is 0 Å². The number of anilines is 1. The number of aromatic nitrogens is 2. The number of hydrogen-bond donors (Lipinski definition) is 2. The molecule has 2 aromatic carbocycles. The highest BCUT2D eigenvalue weighted by Crippen LogP contribution is 2.27. The zero-order valence-electron chi connectivity index (χ0n) is 15.8. The van der Waals surface area contributed by atoms with E-state index in [-0.39, 0.29) is 29.6 Å². The first-order valence-electron chi connectivity index (χ1n) is 8.71. The van der Waals surface area contributed by atoms with Crippen LogP contribution in [0, 0.1) is 0 Å². The van der Waals surface area contributed by atoms with Gasteiger partial charge in [-0.1, -0.05) is 29.3 Å². The molecule has 0 radical (unpaired) electrons. The van der Waals surface area contributed by atoms with Crippen LogP contribution in [0.15, 0.2) is 46.9 Å². The van der Waals surface area contributed by atoms with Crippen molar-refractivity contribution in [1.29, 1.82) is 0 Å². The summed E-state index contributed by atoms with van der Waals surface area (Å²) < 4.78 is 66.2. The van der Waals surface area contributed by atoms with Crippen LogP contribution < -0.4 is 10.0 Å². The molecule has 0 aliphatic heterocycles. The van der Waals surface area contributed by atoms with Crippen molar-refractivity contribution in [3.05, 3.63) is 64.0 Å². The Kier molecular flexibility index (Phi) is 6.96. The number of nitrogens with one attached hydrogen (secondary N) is 2. The number of halogens is 5. The van der Waals surface area contributed by atoms with Crippen molar-refractivity contribution in [2.24, 2.45) is 0 Å². The summed E-state index contributed by atoms with van der Waals surface area (Å²) >= 11 is 11.8. The molecule has 1 aromatic heterocycles. The number of alkyl halides is 3. The molecule has 1 heterocycles. The molecule has 0 saturated carbocycles. The summed E-state index contributed by atoms with van der Waals surface area (Å²) in [6.07, 6.45) is 0.471. The molecule has 14 heteroatoms. The number of hydrogen-bond acceptors (Lipinski definition) is 6. The van der Waals surface area contributed by atoms with Crippen LogP contribution in [0.5, 0.6) is 0 Å². The second-order valence-electron chi connectivity index (χ2n) is 6.30. The van der Waals surface area contributed by atoms with Crippen molar-refractivity contribution in [2.75, 3.05) is 11.3 Å².